The lowest BCUT2D eigenvalue weighted by atomic mass is 10.0. The molecule has 3 nitrogen and oxygen atoms in total. The van der Waals surface area contributed by atoms with E-state index in [0.717, 1.165) is 22.0 Å². The molecule has 94 valence electrons. The first-order chi connectivity index (χ1) is 7.95. The second kappa shape index (κ2) is 6.17. The molecule has 2 atom stereocenters. The van der Waals surface area contributed by atoms with Crippen molar-refractivity contribution in [1.29, 1.82) is 0 Å². The first-order valence-electron chi connectivity index (χ1n) is 5.70. The minimum absolute atomic E-state index is 0.177. The van der Waals surface area contributed by atoms with Crippen molar-refractivity contribution in [2.45, 2.75) is 39.3 Å². The lowest BCUT2D eigenvalue weighted by Crippen LogP contribution is -2.34. The third-order valence-corrected chi connectivity index (χ3v) is 3.69. The van der Waals surface area contributed by atoms with Crippen molar-refractivity contribution in [2.75, 3.05) is 0 Å². The summed E-state index contributed by atoms with van der Waals surface area (Å²) in [6, 6.07) is 5.17. The molecule has 0 aromatic heterocycles. The van der Waals surface area contributed by atoms with Crippen LogP contribution in [0.2, 0.25) is 0 Å². The highest BCUT2D eigenvalue weighted by atomic mass is 79.9. The fourth-order valence-electron chi connectivity index (χ4n) is 1.50. The average Bonchev–Trinajstić information content (AvgIpc) is 2.29. The smallest absolute Gasteiger partial charge is 0.325 e. The summed E-state index contributed by atoms with van der Waals surface area (Å²) in [6.07, 6.45) is 0.900. The predicted octanol–water partition coefficient (Wildman–Crippen LogP) is 3.27. The Morgan fingerprint density at radius 2 is 2.18 bits per heavy atom. The molecule has 0 fully saturated rings. The van der Waals surface area contributed by atoms with Crippen molar-refractivity contribution in [2.24, 2.45) is 0 Å². The third-order valence-electron chi connectivity index (χ3n) is 2.84. The number of nitrogens with one attached hydrogen (secondary N) is 1. The van der Waals surface area contributed by atoms with Crippen LogP contribution in [0.4, 0.5) is 0 Å². The molecule has 0 aliphatic rings. The second-order valence-corrected chi connectivity index (χ2v) is 5.11. The van der Waals surface area contributed by atoms with E-state index in [4.69, 9.17) is 0 Å². The number of benzene rings is 1. The van der Waals surface area contributed by atoms with E-state index in [1.54, 1.807) is 0 Å². The number of halogens is 1. The van der Waals surface area contributed by atoms with Gasteiger partial charge >= 0.3 is 5.97 Å². The summed E-state index contributed by atoms with van der Waals surface area (Å²) in [5.41, 5.74) is 1.87. The largest absolute Gasteiger partial charge is 0.480 e. The lowest BCUT2D eigenvalue weighted by Gasteiger charge is -2.20. The van der Waals surface area contributed by atoms with Crippen molar-refractivity contribution in [1.82, 2.24) is 5.32 Å². The van der Waals surface area contributed by atoms with Crippen LogP contribution in [-0.4, -0.2) is 17.1 Å². The molecule has 2 unspecified atom stereocenters. The second-order valence-electron chi connectivity index (χ2n) is 4.26. The molecule has 0 aliphatic heterocycles. The average molecular weight is 300 g/mol. The van der Waals surface area contributed by atoms with Gasteiger partial charge in [0.1, 0.15) is 6.04 Å². The molecule has 0 saturated heterocycles. The standard InChI is InChI=1S/C13H18BrNO2/c1-4-9(3)15-12(13(16)17)10-6-5-8(2)11(14)7-10/h5-7,9,12,15H,4H2,1-3H3,(H,16,17). The van der Waals surface area contributed by atoms with Gasteiger partial charge in [-0.15, -0.1) is 0 Å². The summed E-state index contributed by atoms with van der Waals surface area (Å²) in [6.45, 7) is 5.99. The van der Waals surface area contributed by atoms with E-state index in [-0.39, 0.29) is 6.04 Å². The van der Waals surface area contributed by atoms with Crippen LogP contribution in [0.5, 0.6) is 0 Å². The number of hydrogen-bond acceptors (Lipinski definition) is 2. The number of carboxylic acid groups (broad SMARTS) is 1. The zero-order chi connectivity index (χ0) is 13.0. The molecule has 0 saturated carbocycles. The SMILES string of the molecule is CCC(C)NC(C(=O)O)c1ccc(C)c(Br)c1. The maximum atomic E-state index is 11.3. The van der Waals surface area contributed by atoms with Gasteiger partial charge < -0.3 is 5.11 Å². The molecule has 0 radical (unpaired) electrons. The van der Waals surface area contributed by atoms with Crippen molar-refractivity contribution >= 4 is 21.9 Å². The minimum Gasteiger partial charge on any atom is -0.480 e. The van der Waals surface area contributed by atoms with Crippen LogP contribution in [0.1, 0.15) is 37.4 Å². The Balaban J connectivity index is 2.97. The van der Waals surface area contributed by atoms with Crippen molar-refractivity contribution in [3.05, 3.63) is 33.8 Å². The number of carbonyl (C=O) groups is 1. The molecular formula is C13H18BrNO2. The van der Waals surface area contributed by atoms with Crippen molar-refractivity contribution in [3.8, 4) is 0 Å². The first-order valence-corrected chi connectivity index (χ1v) is 6.50. The maximum Gasteiger partial charge on any atom is 0.325 e. The molecule has 1 aromatic carbocycles. The van der Waals surface area contributed by atoms with E-state index in [1.807, 2.05) is 39.0 Å². The van der Waals surface area contributed by atoms with Gasteiger partial charge in [-0.2, -0.15) is 0 Å². The molecule has 17 heavy (non-hydrogen) atoms. The van der Waals surface area contributed by atoms with E-state index < -0.39 is 12.0 Å². The Kier molecular flexibility index (Phi) is 5.15. The third kappa shape index (κ3) is 3.82. The van der Waals surface area contributed by atoms with Gasteiger partial charge in [-0.1, -0.05) is 35.0 Å². The number of rotatable bonds is 5. The molecular weight excluding hydrogens is 282 g/mol. The number of aryl methyl sites for hydroxylation is 1. The molecule has 1 aromatic rings. The highest BCUT2D eigenvalue weighted by Crippen LogP contribution is 2.22. The molecule has 4 heteroatoms. The van der Waals surface area contributed by atoms with Gasteiger partial charge in [-0.05, 0) is 37.5 Å². The molecule has 0 amide bonds. The summed E-state index contributed by atoms with van der Waals surface area (Å²) < 4.78 is 0.937. The van der Waals surface area contributed by atoms with Crippen molar-refractivity contribution < 1.29 is 9.90 Å². The van der Waals surface area contributed by atoms with Crippen LogP contribution in [0.25, 0.3) is 0 Å². The monoisotopic (exact) mass is 299 g/mol. The zero-order valence-corrected chi connectivity index (χ0v) is 11.9. The Morgan fingerprint density at radius 3 is 2.65 bits per heavy atom. The van der Waals surface area contributed by atoms with Crippen LogP contribution in [0.15, 0.2) is 22.7 Å². The van der Waals surface area contributed by atoms with Gasteiger partial charge in [-0.3, -0.25) is 10.1 Å². The fourth-order valence-corrected chi connectivity index (χ4v) is 1.90. The highest BCUT2D eigenvalue weighted by Gasteiger charge is 2.21. The van der Waals surface area contributed by atoms with Crippen LogP contribution < -0.4 is 5.32 Å². The van der Waals surface area contributed by atoms with Gasteiger partial charge in [0.2, 0.25) is 0 Å². The topological polar surface area (TPSA) is 49.3 Å². The number of carboxylic acids is 1. The van der Waals surface area contributed by atoms with Gasteiger partial charge in [0, 0.05) is 10.5 Å². The highest BCUT2D eigenvalue weighted by molar-refractivity contribution is 9.10. The molecule has 0 bridgehead atoms. The van der Waals surface area contributed by atoms with Gasteiger partial charge in [-0.25, -0.2) is 0 Å². The van der Waals surface area contributed by atoms with Gasteiger partial charge in [0.25, 0.3) is 0 Å². The first kappa shape index (κ1) is 14.2. The zero-order valence-electron chi connectivity index (χ0n) is 10.3. The number of hydrogen-bond donors (Lipinski definition) is 2. The van der Waals surface area contributed by atoms with Gasteiger partial charge in [0.05, 0.1) is 0 Å². The van der Waals surface area contributed by atoms with Crippen LogP contribution >= 0.6 is 15.9 Å². The normalized spacial score (nSPS) is 14.4. The van der Waals surface area contributed by atoms with Crippen LogP contribution in [0.3, 0.4) is 0 Å². The Bertz CT molecular complexity index is 406. The minimum atomic E-state index is -0.846. The van der Waals surface area contributed by atoms with E-state index in [2.05, 4.69) is 21.2 Å². The Morgan fingerprint density at radius 1 is 1.53 bits per heavy atom. The van der Waals surface area contributed by atoms with E-state index in [0.29, 0.717) is 0 Å². The maximum absolute atomic E-state index is 11.3. The summed E-state index contributed by atoms with van der Waals surface area (Å²) in [7, 11) is 0. The predicted molar refractivity (Wildman–Crippen MR) is 72.1 cm³/mol. The van der Waals surface area contributed by atoms with Crippen LogP contribution in [-0.2, 0) is 4.79 Å². The van der Waals surface area contributed by atoms with Crippen molar-refractivity contribution in [3.63, 3.8) is 0 Å². The van der Waals surface area contributed by atoms with E-state index in [9.17, 15) is 9.90 Å². The molecule has 0 spiro atoms. The summed E-state index contributed by atoms with van der Waals surface area (Å²) in [5.74, 6) is -0.846. The molecule has 1 rings (SSSR count). The fraction of sp³-hybridized carbons (Fsp3) is 0.462. The lowest BCUT2D eigenvalue weighted by molar-refractivity contribution is -0.139. The summed E-state index contributed by atoms with van der Waals surface area (Å²) in [4.78, 5) is 11.3. The van der Waals surface area contributed by atoms with E-state index in [1.165, 1.54) is 0 Å². The molecule has 0 aliphatic carbocycles. The summed E-state index contributed by atoms with van der Waals surface area (Å²) in [5, 5.41) is 12.4. The van der Waals surface area contributed by atoms with E-state index >= 15 is 0 Å². The molecule has 2 N–H and O–H groups in total. The number of aliphatic carboxylic acids is 1. The van der Waals surface area contributed by atoms with Crippen LogP contribution in [0, 0.1) is 6.92 Å². The quantitative estimate of drug-likeness (QED) is 0.877. The summed E-state index contributed by atoms with van der Waals surface area (Å²) >= 11 is 3.43. The van der Waals surface area contributed by atoms with Gasteiger partial charge in [0.15, 0.2) is 0 Å². The Labute approximate surface area is 110 Å². The molecule has 0 heterocycles. The Hall–Kier alpha value is -0.870.